The Kier molecular flexibility index (Phi) is 3.23. The molecule has 0 aliphatic carbocycles. The first-order valence-corrected chi connectivity index (χ1v) is 5.36. The van der Waals surface area contributed by atoms with Crippen LogP contribution < -0.4 is 11.1 Å². The summed E-state index contributed by atoms with van der Waals surface area (Å²) in [6.07, 6.45) is 1.04. The number of rotatable bonds is 2. The number of anilines is 2. The normalized spacial score (nSPS) is 10.1. The Labute approximate surface area is 104 Å². The fourth-order valence-electron chi connectivity index (χ4n) is 1.63. The van der Waals surface area contributed by atoms with Crippen molar-refractivity contribution >= 4 is 17.4 Å². The fourth-order valence-corrected chi connectivity index (χ4v) is 1.63. The minimum atomic E-state index is -0.455. The SMILES string of the molecule is Cc1cccc(N)c1C(=O)Nc1ccc(F)cn1. The number of nitrogens with zero attached hydrogens (tertiary/aromatic N) is 1. The molecule has 0 bridgehead atoms. The van der Waals surface area contributed by atoms with Crippen molar-refractivity contribution in [2.24, 2.45) is 0 Å². The molecule has 3 N–H and O–H groups in total. The topological polar surface area (TPSA) is 68.0 Å². The molecule has 0 aliphatic heterocycles. The number of carbonyl (C=O) groups excluding carboxylic acids is 1. The molecule has 92 valence electrons. The first-order chi connectivity index (χ1) is 8.58. The summed E-state index contributed by atoms with van der Waals surface area (Å²) in [5, 5.41) is 2.57. The van der Waals surface area contributed by atoms with Gasteiger partial charge in [0.1, 0.15) is 11.6 Å². The van der Waals surface area contributed by atoms with Crippen LogP contribution >= 0.6 is 0 Å². The van der Waals surface area contributed by atoms with E-state index in [0.717, 1.165) is 11.8 Å². The number of benzene rings is 1. The van der Waals surface area contributed by atoms with Crippen LogP contribution in [0, 0.1) is 12.7 Å². The second-order valence-electron chi connectivity index (χ2n) is 3.85. The summed E-state index contributed by atoms with van der Waals surface area (Å²) >= 11 is 0. The molecule has 1 aromatic carbocycles. The lowest BCUT2D eigenvalue weighted by Crippen LogP contribution is -2.16. The lowest BCUT2D eigenvalue weighted by Gasteiger charge is -2.09. The molecule has 0 unspecified atom stereocenters. The third-order valence-electron chi connectivity index (χ3n) is 2.50. The van der Waals surface area contributed by atoms with Crippen molar-refractivity contribution in [2.45, 2.75) is 6.92 Å². The van der Waals surface area contributed by atoms with Gasteiger partial charge in [0.2, 0.25) is 0 Å². The number of amides is 1. The Morgan fingerprint density at radius 1 is 1.33 bits per heavy atom. The van der Waals surface area contributed by atoms with Crippen LogP contribution in [-0.2, 0) is 0 Å². The molecular weight excluding hydrogens is 233 g/mol. The second kappa shape index (κ2) is 4.83. The molecule has 0 saturated heterocycles. The molecule has 0 aliphatic rings. The highest BCUT2D eigenvalue weighted by atomic mass is 19.1. The van der Waals surface area contributed by atoms with Crippen molar-refractivity contribution in [3.8, 4) is 0 Å². The average molecular weight is 245 g/mol. The van der Waals surface area contributed by atoms with Crippen molar-refractivity contribution in [3.05, 3.63) is 53.5 Å². The molecule has 0 saturated carbocycles. The van der Waals surface area contributed by atoms with Gasteiger partial charge in [0.05, 0.1) is 11.8 Å². The zero-order valence-electron chi connectivity index (χ0n) is 9.77. The number of aryl methyl sites for hydroxylation is 1. The predicted octanol–water partition coefficient (Wildman–Crippen LogP) is 2.36. The number of aromatic nitrogens is 1. The smallest absolute Gasteiger partial charge is 0.259 e. The molecule has 0 fully saturated rings. The zero-order chi connectivity index (χ0) is 13.1. The summed E-state index contributed by atoms with van der Waals surface area (Å²) in [6, 6.07) is 7.84. The lowest BCUT2D eigenvalue weighted by molar-refractivity contribution is 0.102. The second-order valence-corrected chi connectivity index (χ2v) is 3.85. The van der Waals surface area contributed by atoms with E-state index in [9.17, 15) is 9.18 Å². The Balaban J connectivity index is 2.25. The van der Waals surface area contributed by atoms with Gasteiger partial charge in [0.15, 0.2) is 0 Å². The molecular formula is C13H12FN3O. The van der Waals surface area contributed by atoms with Gasteiger partial charge in [0.25, 0.3) is 5.91 Å². The molecule has 2 rings (SSSR count). The largest absolute Gasteiger partial charge is 0.398 e. The van der Waals surface area contributed by atoms with Gasteiger partial charge in [-0.25, -0.2) is 9.37 Å². The van der Waals surface area contributed by atoms with E-state index in [-0.39, 0.29) is 11.7 Å². The Bertz CT molecular complexity index is 561. The molecule has 2 aromatic rings. The minimum Gasteiger partial charge on any atom is -0.398 e. The van der Waals surface area contributed by atoms with E-state index in [1.807, 2.05) is 0 Å². The quantitative estimate of drug-likeness (QED) is 0.798. The summed E-state index contributed by atoms with van der Waals surface area (Å²) in [4.78, 5) is 15.8. The monoisotopic (exact) mass is 245 g/mol. The van der Waals surface area contributed by atoms with Gasteiger partial charge in [-0.05, 0) is 30.7 Å². The van der Waals surface area contributed by atoms with Crippen molar-refractivity contribution in [2.75, 3.05) is 11.1 Å². The number of carbonyl (C=O) groups is 1. The molecule has 1 heterocycles. The lowest BCUT2D eigenvalue weighted by atomic mass is 10.1. The molecule has 18 heavy (non-hydrogen) atoms. The van der Waals surface area contributed by atoms with Crippen LogP contribution in [0.25, 0.3) is 0 Å². The summed E-state index contributed by atoms with van der Waals surface area (Å²) in [5.41, 5.74) is 7.34. The van der Waals surface area contributed by atoms with E-state index in [2.05, 4.69) is 10.3 Å². The molecule has 0 atom stereocenters. The van der Waals surface area contributed by atoms with Gasteiger partial charge in [-0.3, -0.25) is 4.79 Å². The number of nitrogen functional groups attached to an aromatic ring is 1. The van der Waals surface area contributed by atoms with Crippen LogP contribution in [-0.4, -0.2) is 10.9 Å². The highest BCUT2D eigenvalue weighted by Crippen LogP contribution is 2.17. The summed E-state index contributed by atoms with van der Waals surface area (Å²) in [7, 11) is 0. The first kappa shape index (κ1) is 12.0. The predicted molar refractivity (Wildman–Crippen MR) is 67.7 cm³/mol. The number of nitrogens with two attached hydrogens (primary N) is 1. The molecule has 5 heteroatoms. The van der Waals surface area contributed by atoms with Gasteiger partial charge in [-0.1, -0.05) is 12.1 Å². The molecule has 1 aromatic heterocycles. The summed E-state index contributed by atoms with van der Waals surface area (Å²) in [5.74, 6) is -0.530. The van der Waals surface area contributed by atoms with Gasteiger partial charge in [-0.2, -0.15) is 0 Å². The number of hydrogen-bond donors (Lipinski definition) is 2. The molecule has 0 radical (unpaired) electrons. The van der Waals surface area contributed by atoms with Crippen LogP contribution in [0.2, 0.25) is 0 Å². The number of nitrogens with one attached hydrogen (secondary N) is 1. The third kappa shape index (κ3) is 2.45. The maximum absolute atomic E-state index is 12.7. The first-order valence-electron chi connectivity index (χ1n) is 5.36. The van der Waals surface area contributed by atoms with Gasteiger partial charge in [0, 0.05) is 5.69 Å². The van der Waals surface area contributed by atoms with E-state index in [1.54, 1.807) is 25.1 Å². The highest BCUT2D eigenvalue weighted by molar-refractivity contribution is 6.08. The standard InChI is InChI=1S/C13H12FN3O/c1-8-3-2-4-10(15)12(8)13(18)17-11-6-5-9(14)7-16-11/h2-7H,15H2,1H3,(H,16,17,18). The number of hydrogen-bond acceptors (Lipinski definition) is 3. The van der Waals surface area contributed by atoms with Gasteiger partial charge >= 0.3 is 0 Å². The van der Waals surface area contributed by atoms with Crippen molar-refractivity contribution < 1.29 is 9.18 Å². The van der Waals surface area contributed by atoms with Crippen LogP contribution in [0.3, 0.4) is 0 Å². The highest BCUT2D eigenvalue weighted by Gasteiger charge is 2.12. The Morgan fingerprint density at radius 3 is 2.72 bits per heavy atom. The van der Waals surface area contributed by atoms with Crippen molar-refractivity contribution in [1.82, 2.24) is 4.98 Å². The number of halogens is 1. The van der Waals surface area contributed by atoms with E-state index in [4.69, 9.17) is 5.73 Å². The van der Waals surface area contributed by atoms with Gasteiger partial charge < -0.3 is 11.1 Å². The molecule has 0 spiro atoms. The van der Waals surface area contributed by atoms with Crippen LogP contribution in [0.1, 0.15) is 15.9 Å². The van der Waals surface area contributed by atoms with E-state index < -0.39 is 5.82 Å². The molecule has 1 amide bonds. The maximum Gasteiger partial charge on any atom is 0.259 e. The van der Waals surface area contributed by atoms with Crippen molar-refractivity contribution in [1.29, 1.82) is 0 Å². The zero-order valence-corrected chi connectivity index (χ0v) is 9.77. The Morgan fingerprint density at radius 2 is 2.11 bits per heavy atom. The Hall–Kier alpha value is -2.43. The molecule has 4 nitrogen and oxygen atoms in total. The third-order valence-corrected chi connectivity index (χ3v) is 2.50. The van der Waals surface area contributed by atoms with Crippen LogP contribution in [0.4, 0.5) is 15.9 Å². The average Bonchev–Trinajstić information content (AvgIpc) is 2.32. The van der Waals surface area contributed by atoms with Crippen LogP contribution in [0.15, 0.2) is 36.5 Å². The number of pyridine rings is 1. The van der Waals surface area contributed by atoms with E-state index >= 15 is 0 Å². The maximum atomic E-state index is 12.7. The van der Waals surface area contributed by atoms with E-state index in [0.29, 0.717) is 11.3 Å². The minimum absolute atomic E-state index is 0.282. The summed E-state index contributed by atoms with van der Waals surface area (Å²) in [6.45, 7) is 1.80. The van der Waals surface area contributed by atoms with Crippen molar-refractivity contribution in [3.63, 3.8) is 0 Å². The van der Waals surface area contributed by atoms with Gasteiger partial charge in [-0.15, -0.1) is 0 Å². The fraction of sp³-hybridized carbons (Fsp3) is 0.0769. The summed E-state index contributed by atoms with van der Waals surface area (Å²) < 4.78 is 12.7. The van der Waals surface area contributed by atoms with E-state index in [1.165, 1.54) is 12.1 Å². The van der Waals surface area contributed by atoms with Crippen LogP contribution in [0.5, 0.6) is 0 Å².